The molecule has 1 aromatic carbocycles. The second kappa shape index (κ2) is 8.77. The molecule has 1 aliphatic rings. The van der Waals surface area contributed by atoms with Gasteiger partial charge in [-0.05, 0) is 42.7 Å². The van der Waals surface area contributed by atoms with Gasteiger partial charge in [-0.15, -0.1) is 12.6 Å². The monoisotopic (exact) mass is 290 g/mol. The van der Waals surface area contributed by atoms with E-state index in [4.69, 9.17) is 12.6 Å². The van der Waals surface area contributed by atoms with Crippen LogP contribution in [0.5, 0.6) is 0 Å². The molecule has 1 saturated carbocycles. The first-order valence-corrected chi connectivity index (χ1v) is 9.08. The Labute approximate surface area is 130 Å². The number of thiol groups is 1. The molecule has 0 atom stereocenters. The molecule has 0 radical (unpaired) electrons. The number of unbranched alkanes of at least 4 members (excludes halogenated alkanes) is 4. The van der Waals surface area contributed by atoms with E-state index in [0.717, 1.165) is 5.92 Å². The third kappa shape index (κ3) is 4.55. The molecule has 1 heteroatoms. The molecule has 1 aliphatic carbocycles. The van der Waals surface area contributed by atoms with Gasteiger partial charge in [0, 0.05) is 4.90 Å². The topological polar surface area (TPSA) is 0 Å². The van der Waals surface area contributed by atoms with Crippen molar-refractivity contribution in [2.75, 3.05) is 0 Å². The zero-order valence-electron chi connectivity index (χ0n) is 13.0. The van der Waals surface area contributed by atoms with Gasteiger partial charge in [-0.2, -0.15) is 0 Å². The van der Waals surface area contributed by atoms with Crippen molar-refractivity contribution < 1.29 is 0 Å². The highest BCUT2D eigenvalue weighted by Gasteiger charge is 2.18. The summed E-state index contributed by atoms with van der Waals surface area (Å²) in [5.41, 5.74) is 3.01. The van der Waals surface area contributed by atoms with Crippen LogP contribution >= 0.6 is 12.6 Å². The fourth-order valence-corrected chi connectivity index (χ4v) is 3.92. The second-order valence-electron chi connectivity index (χ2n) is 6.35. The van der Waals surface area contributed by atoms with Crippen molar-refractivity contribution in [3.8, 4) is 0 Å². The molecule has 0 spiro atoms. The summed E-state index contributed by atoms with van der Waals surface area (Å²) in [6.45, 7) is 2.28. The summed E-state index contributed by atoms with van der Waals surface area (Å²) in [7, 11) is 0. The summed E-state index contributed by atoms with van der Waals surface area (Å²) in [4.78, 5) is 1.30. The predicted octanol–water partition coefficient (Wildman–Crippen LogP) is 6.54. The Hall–Kier alpha value is -0.430. The average molecular weight is 291 g/mol. The molecule has 0 bridgehead atoms. The maximum Gasteiger partial charge on any atom is 0.0107 e. The van der Waals surface area contributed by atoms with Gasteiger partial charge < -0.3 is 0 Å². The standard InChI is InChI=1S/C19H30S/c1-2-3-4-5-7-13-17-14-10-15-18(19(17)20)16-11-8-6-9-12-16/h10,14-16,20H,2-9,11-13H2,1H3. The lowest BCUT2D eigenvalue weighted by molar-refractivity contribution is 0.439. The van der Waals surface area contributed by atoms with Crippen molar-refractivity contribution in [3.05, 3.63) is 29.3 Å². The average Bonchev–Trinajstić information content (AvgIpc) is 2.49. The van der Waals surface area contributed by atoms with Gasteiger partial charge in [0.15, 0.2) is 0 Å². The molecule has 2 rings (SSSR count). The van der Waals surface area contributed by atoms with E-state index in [9.17, 15) is 0 Å². The maximum absolute atomic E-state index is 4.87. The van der Waals surface area contributed by atoms with Crippen molar-refractivity contribution in [2.24, 2.45) is 0 Å². The van der Waals surface area contributed by atoms with E-state index in [-0.39, 0.29) is 0 Å². The molecule has 0 N–H and O–H groups in total. The summed E-state index contributed by atoms with van der Waals surface area (Å²) in [6, 6.07) is 6.86. The fourth-order valence-electron chi connectivity index (χ4n) is 3.47. The number of aryl methyl sites for hydroxylation is 1. The summed E-state index contributed by atoms with van der Waals surface area (Å²) in [5, 5.41) is 0. The largest absolute Gasteiger partial charge is 0.143 e. The Bertz CT molecular complexity index is 391. The Balaban J connectivity index is 1.92. The van der Waals surface area contributed by atoms with E-state index in [2.05, 4.69) is 25.1 Å². The smallest absolute Gasteiger partial charge is 0.0107 e. The minimum Gasteiger partial charge on any atom is -0.143 e. The molecular formula is C19H30S. The van der Waals surface area contributed by atoms with E-state index in [0.29, 0.717) is 0 Å². The van der Waals surface area contributed by atoms with Gasteiger partial charge in [-0.1, -0.05) is 70.1 Å². The van der Waals surface area contributed by atoms with Gasteiger partial charge >= 0.3 is 0 Å². The quantitative estimate of drug-likeness (QED) is 0.428. The Morgan fingerprint density at radius 2 is 1.75 bits per heavy atom. The minimum atomic E-state index is 0.774. The van der Waals surface area contributed by atoms with Crippen molar-refractivity contribution in [1.82, 2.24) is 0 Å². The molecular weight excluding hydrogens is 260 g/mol. The van der Waals surface area contributed by atoms with E-state index in [1.165, 1.54) is 86.7 Å². The van der Waals surface area contributed by atoms with Crippen molar-refractivity contribution in [2.45, 2.75) is 88.4 Å². The number of hydrogen-bond acceptors (Lipinski definition) is 1. The lowest BCUT2D eigenvalue weighted by Gasteiger charge is -2.24. The first kappa shape index (κ1) is 15.9. The Kier molecular flexibility index (Phi) is 6.99. The summed E-state index contributed by atoms with van der Waals surface area (Å²) < 4.78 is 0. The molecule has 0 aliphatic heterocycles. The summed E-state index contributed by atoms with van der Waals surface area (Å²) in [6.07, 6.45) is 15.0. The first-order chi connectivity index (χ1) is 9.83. The SMILES string of the molecule is CCCCCCCc1cccc(C2CCCCC2)c1S. The van der Waals surface area contributed by atoms with Gasteiger partial charge in [0.25, 0.3) is 0 Å². The van der Waals surface area contributed by atoms with E-state index >= 15 is 0 Å². The molecule has 20 heavy (non-hydrogen) atoms. The van der Waals surface area contributed by atoms with Gasteiger partial charge in [0.05, 0.1) is 0 Å². The number of hydrogen-bond donors (Lipinski definition) is 1. The lowest BCUT2D eigenvalue weighted by Crippen LogP contribution is -2.06. The molecule has 112 valence electrons. The predicted molar refractivity (Wildman–Crippen MR) is 92.0 cm³/mol. The third-order valence-corrected chi connectivity index (χ3v) is 5.29. The van der Waals surface area contributed by atoms with E-state index < -0.39 is 0 Å². The molecule has 0 amide bonds. The zero-order valence-corrected chi connectivity index (χ0v) is 13.9. The third-order valence-electron chi connectivity index (χ3n) is 4.75. The number of benzene rings is 1. The van der Waals surface area contributed by atoms with Gasteiger partial charge in [-0.3, -0.25) is 0 Å². The van der Waals surface area contributed by atoms with E-state index in [1.54, 1.807) is 0 Å². The van der Waals surface area contributed by atoms with Crippen molar-refractivity contribution in [3.63, 3.8) is 0 Å². The molecule has 1 aromatic rings. The van der Waals surface area contributed by atoms with Gasteiger partial charge in [0.1, 0.15) is 0 Å². The molecule has 0 aromatic heterocycles. The Morgan fingerprint density at radius 3 is 2.50 bits per heavy atom. The lowest BCUT2D eigenvalue weighted by atomic mass is 9.83. The van der Waals surface area contributed by atoms with Crippen molar-refractivity contribution in [1.29, 1.82) is 0 Å². The van der Waals surface area contributed by atoms with Crippen LogP contribution < -0.4 is 0 Å². The second-order valence-corrected chi connectivity index (χ2v) is 6.80. The van der Waals surface area contributed by atoms with Crippen LogP contribution in [0.2, 0.25) is 0 Å². The van der Waals surface area contributed by atoms with Crippen LogP contribution in [0.25, 0.3) is 0 Å². The van der Waals surface area contributed by atoms with Crippen LogP contribution in [0, 0.1) is 0 Å². The molecule has 0 saturated heterocycles. The highest BCUT2D eigenvalue weighted by Crippen LogP contribution is 2.37. The summed E-state index contributed by atoms with van der Waals surface area (Å²) in [5.74, 6) is 0.774. The highest BCUT2D eigenvalue weighted by atomic mass is 32.1. The van der Waals surface area contributed by atoms with Crippen LogP contribution in [-0.2, 0) is 6.42 Å². The highest BCUT2D eigenvalue weighted by molar-refractivity contribution is 7.80. The molecule has 1 fully saturated rings. The van der Waals surface area contributed by atoms with Crippen LogP contribution in [0.15, 0.2) is 23.1 Å². The van der Waals surface area contributed by atoms with Crippen LogP contribution in [0.4, 0.5) is 0 Å². The number of rotatable bonds is 7. The van der Waals surface area contributed by atoms with Gasteiger partial charge in [-0.25, -0.2) is 0 Å². The molecule has 0 heterocycles. The minimum absolute atomic E-state index is 0.774. The molecule has 0 nitrogen and oxygen atoms in total. The zero-order chi connectivity index (χ0) is 14.2. The molecule has 0 unspecified atom stereocenters. The maximum atomic E-state index is 4.87. The van der Waals surface area contributed by atoms with Gasteiger partial charge in [0.2, 0.25) is 0 Å². The normalized spacial score (nSPS) is 16.5. The van der Waals surface area contributed by atoms with Crippen LogP contribution in [0.1, 0.15) is 88.2 Å². The Morgan fingerprint density at radius 1 is 1.00 bits per heavy atom. The van der Waals surface area contributed by atoms with E-state index in [1.807, 2.05) is 0 Å². The van der Waals surface area contributed by atoms with Crippen LogP contribution in [0.3, 0.4) is 0 Å². The van der Waals surface area contributed by atoms with Crippen LogP contribution in [-0.4, -0.2) is 0 Å². The fraction of sp³-hybridized carbons (Fsp3) is 0.684. The van der Waals surface area contributed by atoms with Crippen molar-refractivity contribution >= 4 is 12.6 Å². The summed E-state index contributed by atoms with van der Waals surface area (Å²) >= 11 is 4.87. The first-order valence-electron chi connectivity index (χ1n) is 8.63.